The number of carbonyl (C=O) groups excluding carboxylic acids is 1. The van der Waals surface area contributed by atoms with Gasteiger partial charge in [-0.05, 0) is 64.9 Å². The molecule has 1 fully saturated rings. The van der Waals surface area contributed by atoms with Gasteiger partial charge < -0.3 is 15.8 Å². The molecule has 126 valence electrons. The Kier molecular flexibility index (Phi) is 7.38. The first-order chi connectivity index (χ1) is 10.3. The van der Waals surface area contributed by atoms with Crippen molar-refractivity contribution in [1.29, 1.82) is 0 Å². The van der Waals surface area contributed by atoms with Gasteiger partial charge in [-0.15, -0.1) is 0 Å². The Hall–Kier alpha value is -1.56. The van der Waals surface area contributed by atoms with Gasteiger partial charge in [0.2, 0.25) is 0 Å². The molecule has 1 aliphatic rings. The Morgan fingerprint density at radius 3 is 2.55 bits per heavy atom. The fourth-order valence-corrected chi connectivity index (χ4v) is 2.43. The van der Waals surface area contributed by atoms with Crippen LogP contribution in [0.15, 0.2) is 17.3 Å². The number of carbonyl (C=O) groups is 1. The highest BCUT2D eigenvalue weighted by atomic mass is 16.6. The molecule has 0 saturated carbocycles. The molecule has 1 rings (SSSR count). The average Bonchev–Trinajstić information content (AvgIpc) is 2.44. The first kappa shape index (κ1) is 18.5. The predicted molar refractivity (Wildman–Crippen MR) is 90.1 cm³/mol. The SMILES string of the molecule is CN=C(C=CN)CN1CCC(CNC(=O)OC(C)(C)C)CC1. The second kappa shape index (κ2) is 8.78. The summed E-state index contributed by atoms with van der Waals surface area (Å²) in [7, 11) is 1.78. The lowest BCUT2D eigenvalue weighted by Gasteiger charge is -2.32. The summed E-state index contributed by atoms with van der Waals surface area (Å²) in [5.41, 5.74) is 5.96. The van der Waals surface area contributed by atoms with Crippen molar-refractivity contribution in [2.45, 2.75) is 39.2 Å². The lowest BCUT2D eigenvalue weighted by Crippen LogP contribution is -2.41. The zero-order chi connectivity index (χ0) is 16.6. The molecule has 0 atom stereocenters. The number of likely N-dealkylation sites (tertiary alicyclic amines) is 1. The molecule has 1 saturated heterocycles. The summed E-state index contributed by atoms with van der Waals surface area (Å²) in [5.74, 6) is 0.510. The fraction of sp³-hybridized carbons (Fsp3) is 0.750. The molecule has 1 aliphatic heterocycles. The maximum atomic E-state index is 11.6. The van der Waals surface area contributed by atoms with E-state index in [4.69, 9.17) is 10.5 Å². The highest BCUT2D eigenvalue weighted by Gasteiger charge is 2.21. The number of nitrogens with zero attached hydrogens (tertiary/aromatic N) is 2. The van der Waals surface area contributed by atoms with Crippen LogP contribution in [0.5, 0.6) is 0 Å². The second-order valence-corrected chi connectivity index (χ2v) is 6.68. The molecule has 0 unspecified atom stereocenters. The summed E-state index contributed by atoms with van der Waals surface area (Å²) in [6.07, 6.45) is 5.18. The number of rotatable bonds is 5. The summed E-state index contributed by atoms with van der Waals surface area (Å²) in [5, 5.41) is 2.86. The zero-order valence-corrected chi connectivity index (χ0v) is 14.3. The third-order valence-corrected chi connectivity index (χ3v) is 3.60. The topological polar surface area (TPSA) is 80.0 Å². The van der Waals surface area contributed by atoms with E-state index < -0.39 is 5.60 Å². The molecule has 1 heterocycles. The van der Waals surface area contributed by atoms with Crippen LogP contribution < -0.4 is 11.1 Å². The van der Waals surface area contributed by atoms with Crippen LogP contribution >= 0.6 is 0 Å². The largest absolute Gasteiger partial charge is 0.444 e. The Labute approximate surface area is 133 Å². The Balaban J connectivity index is 2.27. The van der Waals surface area contributed by atoms with E-state index >= 15 is 0 Å². The predicted octanol–water partition coefficient (Wildman–Crippen LogP) is 1.77. The van der Waals surface area contributed by atoms with Crippen LogP contribution in [0.25, 0.3) is 0 Å². The summed E-state index contributed by atoms with van der Waals surface area (Å²) < 4.78 is 5.25. The monoisotopic (exact) mass is 310 g/mol. The van der Waals surface area contributed by atoms with E-state index in [1.165, 1.54) is 6.20 Å². The van der Waals surface area contributed by atoms with Gasteiger partial charge in [-0.2, -0.15) is 0 Å². The van der Waals surface area contributed by atoms with Gasteiger partial charge in [-0.25, -0.2) is 4.79 Å². The molecular weight excluding hydrogens is 280 g/mol. The number of ether oxygens (including phenoxy) is 1. The van der Waals surface area contributed by atoms with E-state index in [-0.39, 0.29) is 6.09 Å². The molecule has 22 heavy (non-hydrogen) atoms. The average molecular weight is 310 g/mol. The van der Waals surface area contributed by atoms with Crippen molar-refractivity contribution >= 4 is 11.8 Å². The Bertz CT molecular complexity index is 405. The molecule has 0 radical (unpaired) electrons. The number of piperidine rings is 1. The molecular formula is C16H30N4O2. The van der Waals surface area contributed by atoms with Crippen LogP contribution in [-0.4, -0.2) is 55.5 Å². The Morgan fingerprint density at radius 1 is 1.41 bits per heavy atom. The lowest BCUT2D eigenvalue weighted by molar-refractivity contribution is 0.0511. The number of aliphatic imine (C=N–C) groups is 1. The van der Waals surface area contributed by atoms with Crippen LogP contribution in [0.4, 0.5) is 4.79 Å². The summed E-state index contributed by atoms with van der Waals surface area (Å²) in [6.45, 7) is 9.14. The number of hydrogen-bond donors (Lipinski definition) is 2. The Morgan fingerprint density at radius 2 is 2.05 bits per heavy atom. The van der Waals surface area contributed by atoms with Gasteiger partial charge in [0.15, 0.2) is 0 Å². The van der Waals surface area contributed by atoms with Crippen molar-refractivity contribution in [2.24, 2.45) is 16.6 Å². The first-order valence-corrected chi connectivity index (χ1v) is 7.87. The van der Waals surface area contributed by atoms with Gasteiger partial charge in [0, 0.05) is 25.8 Å². The van der Waals surface area contributed by atoms with Crippen LogP contribution in [0, 0.1) is 5.92 Å². The maximum absolute atomic E-state index is 11.6. The maximum Gasteiger partial charge on any atom is 0.407 e. The van der Waals surface area contributed by atoms with Crippen molar-refractivity contribution in [3.05, 3.63) is 12.3 Å². The molecule has 0 aromatic heterocycles. The number of nitrogens with two attached hydrogens (primary N) is 1. The summed E-state index contributed by atoms with van der Waals surface area (Å²) in [4.78, 5) is 18.2. The van der Waals surface area contributed by atoms with E-state index in [2.05, 4.69) is 15.2 Å². The first-order valence-electron chi connectivity index (χ1n) is 7.87. The van der Waals surface area contributed by atoms with Gasteiger partial charge in [0.1, 0.15) is 5.60 Å². The standard InChI is InChI=1S/C16H30N4O2/c1-16(2,3)22-15(21)19-11-13-6-9-20(10-7-13)12-14(18-4)5-8-17/h5,8,13H,6-7,9-12,17H2,1-4H3,(H,19,21). The van der Waals surface area contributed by atoms with Crippen LogP contribution in [0.3, 0.4) is 0 Å². The smallest absolute Gasteiger partial charge is 0.407 e. The van der Waals surface area contributed by atoms with Crippen LogP contribution in [-0.2, 0) is 4.74 Å². The van der Waals surface area contributed by atoms with Crippen molar-refractivity contribution in [1.82, 2.24) is 10.2 Å². The highest BCUT2D eigenvalue weighted by molar-refractivity contribution is 5.96. The summed E-state index contributed by atoms with van der Waals surface area (Å²) >= 11 is 0. The van der Waals surface area contributed by atoms with Crippen molar-refractivity contribution in [2.75, 3.05) is 33.2 Å². The minimum Gasteiger partial charge on any atom is -0.444 e. The van der Waals surface area contributed by atoms with Crippen molar-refractivity contribution in [3.8, 4) is 0 Å². The normalized spacial score (nSPS) is 18.6. The lowest BCUT2D eigenvalue weighted by atomic mass is 9.96. The molecule has 0 aromatic carbocycles. The van der Waals surface area contributed by atoms with E-state index in [9.17, 15) is 4.79 Å². The van der Waals surface area contributed by atoms with E-state index in [1.807, 2.05) is 26.8 Å². The molecule has 0 aliphatic carbocycles. The van der Waals surface area contributed by atoms with Crippen molar-refractivity contribution < 1.29 is 9.53 Å². The number of amides is 1. The summed E-state index contributed by atoms with van der Waals surface area (Å²) in [6, 6.07) is 0. The highest BCUT2D eigenvalue weighted by Crippen LogP contribution is 2.16. The zero-order valence-electron chi connectivity index (χ0n) is 14.3. The molecule has 6 nitrogen and oxygen atoms in total. The number of alkyl carbamates (subject to hydrolysis) is 1. The van der Waals surface area contributed by atoms with E-state index in [0.29, 0.717) is 12.5 Å². The van der Waals surface area contributed by atoms with E-state index in [1.54, 1.807) is 7.05 Å². The minimum absolute atomic E-state index is 0.330. The molecule has 0 spiro atoms. The van der Waals surface area contributed by atoms with Crippen LogP contribution in [0.1, 0.15) is 33.6 Å². The van der Waals surface area contributed by atoms with Crippen LogP contribution in [0.2, 0.25) is 0 Å². The third kappa shape index (κ3) is 7.45. The molecule has 1 amide bonds. The van der Waals surface area contributed by atoms with Gasteiger partial charge in [0.25, 0.3) is 0 Å². The fourth-order valence-electron chi connectivity index (χ4n) is 2.43. The number of nitrogens with one attached hydrogen (secondary N) is 1. The third-order valence-electron chi connectivity index (χ3n) is 3.60. The molecule has 6 heteroatoms. The number of hydrogen-bond acceptors (Lipinski definition) is 5. The molecule has 0 bridgehead atoms. The molecule has 0 aromatic rings. The van der Waals surface area contributed by atoms with Gasteiger partial charge in [-0.3, -0.25) is 9.89 Å². The van der Waals surface area contributed by atoms with E-state index in [0.717, 1.165) is 38.2 Å². The molecule has 3 N–H and O–H groups in total. The van der Waals surface area contributed by atoms with Gasteiger partial charge in [-0.1, -0.05) is 0 Å². The minimum atomic E-state index is -0.445. The quantitative estimate of drug-likeness (QED) is 0.758. The van der Waals surface area contributed by atoms with Crippen molar-refractivity contribution in [3.63, 3.8) is 0 Å². The second-order valence-electron chi connectivity index (χ2n) is 6.68. The van der Waals surface area contributed by atoms with Gasteiger partial charge >= 0.3 is 6.09 Å². The van der Waals surface area contributed by atoms with Gasteiger partial charge in [0.05, 0.1) is 0 Å².